The van der Waals surface area contributed by atoms with Gasteiger partial charge in [0.25, 0.3) is 0 Å². The van der Waals surface area contributed by atoms with Gasteiger partial charge in [-0.05, 0) is 26.8 Å². The molecule has 5 nitrogen and oxygen atoms in total. The van der Waals surface area contributed by atoms with Crippen LogP contribution in [0.5, 0.6) is 0 Å². The zero-order valence-corrected chi connectivity index (χ0v) is 12.7. The van der Waals surface area contributed by atoms with Gasteiger partial charge in [0.1, 0.15) is 24.1 Å². The van der Waals surface area contributed by atoms with Gasteiger partial charge in [-0.25, -0.2) is 4.39 Å². The predicted octanol–water partition coefficient (Wildman–Crippen LogP) is 2.18. The van der Waals surface area contributed by atoms with Crippen molar-refractivity contribution in [3.8, 4) is 0 Å². The minimum atomic E-state index is -0.795. The van der Waals surface area contributed by atoms with E-state index in [2.05, 4.69) is 0 Å². The molecule has 2 heterocycles. The summed E-state index contributed by atoms with van der Waals surface area (Å²) in [5.74, 6) is -1.31. The standard InChI is InChI=1S/C16H19FO5/c1-9(18)12-13(14-15(20-12)22-16(2,3)21-14)19-8-10-6-4-5-7-11(10)17/h4-7,12-15H,8H2,1-3H3/t12-,13+,14-,15-/m1/s1. The molecular formula is C16H19FO5. The Morgan fingerprint density at radius 3 is 2.73 bits per heavy atom. The quantitative estimate of drug-likeness (QED) is 0.853. The van der Waals surface area contributed by atoms with E-state index >= 15 is 0 Å². The van der Waals surface area contributed by atoms with E-state index in [1.807, 2.05) is 0 Å². The molecule has 0 aliphatic carbocycles. The second kappa shape index (κ2) is 5.70. The summed E-state index contributed by atoms with van der Waals surface area (Å²) in [6, 6.07) is 6.35. The van der Waals surface area contributed by atoms with Gasteiger partial charge in [-0.2, -0.15) is 0 Å². The molecule has 2 aliphatic rings. The highest BCUT2D eigenvalue weighted by molar-refractivity contribution is 5.81. The molecule has 22 heavy (non-hydrogen) atoms. The fraction of sp³-hybridized carbons (Fsp3) is 0.562. The van der Waals surface area contributed by atoms with Crippen molar-refractivity contribution in [1.29, 1.82) is 0 Å². The SMILES string of the molecule is CC(=O)[C@H]1O[C@@H]2OC(C)(C)O[C@@H]2[C@H]1OCc1ccccc1F. The lowest BCUT2D eigenvalue weighted by molar-refractivity contribution is -0.218. The number of ketones is 1. The van der Waals surface area contributed by atoms with Gasteiger partial charge >= 0.3 is 0 Å². The third-order valence-corrected chi connectivity index (χ3v) is 3.78. The topological polar surface area (TPSA) is 54.0 Å². The first-order chi connectivity index (χ1) is 10.4. The molecule has 0 radical (unpaired) electrons. The number of halogens is 1. The highest BCUT2D eigenvalue weighted by atomic mass is 19.1. The molecule has 120 valence electrons. The van der Waals surface area contributed by atoms with Crippen LogP contribution in [-0.2, 0) is 30.3 Å². The smallest absolute Gasteiger partial charge is 0.190 e. The lowest BCUT2D eigenvalue weighted by Crippen LogP contribution is -2.39. The van der Waals surface area contributed by atoms with Crippen LogP contribution in [0.15, 0.2) is 24.3 Å². The number of rotatable bonds is 4. The first kappa shape index (κ1) is 15.6. The van der Waals surface area contributed by atoms with E-state index in [0.717, 1.165) is 0 Å². The second-order valence-electron chi connectivity index (χ2n) is 6.00. The maximum absolute atomic E-state index is 13.7. The minimum Gasteiger partial charge on any atom is -0.367 e. The molecule has 0 amide bonds. The molecule has 0 bridgehead atoms. The minimum absolute atomic E-state index is 0.0392. The van der Waals surface area contributed by atoms with Crippen molar-refractivity contribution >= 4 is 5.78 Å². The largest absolute Gasteiger partial charge is 0.367 e. The van der Waals surface area contributed by atoms with Crippen LogP contribution in [0.4, 0.5) is 4.39 Å². The molecule has 0 N–H and O–H groups in total. The molecule has 2 fully saturated rings. The molecule has 1 aromatic carbocycles. The van der Waals surface area contributed by atoms with Crippen LogP contribution in [0, 0.1) is 5.82 Å². The third kappa shape index (κ3) is 2.92. The lowest BCUT2D eigenvalue weighted by atomic mass is 10.1. The number of fused-ring (bicyclic) bond motifs is 1. The van der Waals surface area contributed by atoms with Gasteiger partial charge in [0, 0.05) is 5.56 Å². The van der Waals surface area contributed by atoms with E-state index in [1.165, 1.54) is 13.0 Å². The van der Waals surface area contributed by atoms with E-state index in [1.54, 1.807) is 32.0 Å². The fourth-order valence-corrected chi connectivity index (χ4v) is 2.79. The molecule has 0 saturated carbocycles. The highest BCUT2D eigenvalue weighted by Gasteiger charge is 2.56. The van der Waals surface area contributed by atoms with Gasteiger partial charge in [-0.15, -0.1) is 0 Å². The number of carbonyl (C=O) groups is 1. The summed E-state index contributed by atoms with van der Waals surface area (Å²) in [7, 11) is 0. The Kier molecular flexibility index (Phi) is 4.03. The average Bonchev–Trinajstić information content (AvgIpc) is 2.90. The Balaban J connectivity index is 1.74. The average molecular weight is 310 g/mol. The molecular weight excluding hydrogens is 291 g/mol. The summed E-state index contributed by atoms with van der Waals surface area (Å²) in [5, 5.41) is 0. The van der Waals surface area contributed by atoms with Gasteiger partial charge in [0.05, 0.1) is 6.61 Å². The number of carbonyl (C=O) groups excluding carboxylic acids is 1. The van der Waals surface area contributed by atoms with Crippen molar-refractivity contribution < 1.29 is 28.1 Å². The molecule has 0 aromatic heterocycles. The molecule has 1 aromatic rings. The van der Waals surface area contributed by atoms with Gasteiger partial charge in [-0.1, -0.05) is 18.2 Å². The van der Waals surface area contributed by atoms with Crippen molar-refractivity contribution in [2.24, 2.45) is 0 Å². The molecule has 2 aliphatic heterocycles. The maximum Gasteiger partial charge on any atom is 0.190 e. The monoisotopic (exact) mass is 310 g/mol. The van der Waals surface area contributed by atoms with Crippen LogP contribution in [0.2, 0.25) is 0 Å². The zero-order valence-electron chi connectivity index (χ0n) is 12.7. The van der Waals surface area contributed by atoms with Crippen molar-refractivity contribution in [3.05, 3.63) is 35.6 Å². The Morgan fingerprint density at radius 1 is 1.32 bits per heavy atom. The van der Waals surface area contributed by atoms with Crippen molar-refractivity contribution in [2.45, 2.75) is 57.8 Å². The number of ether oxygens (including phenoxy) is 4. The summed E-state index contributed by atoms with van der Waals surface area (Å²) >= 11 is 0. The van der Waals surface area contributed by atoms with E-state index in [9.17, 15) is 9.18 Å². The molecule has 0 spiro atoms. The third-order valence-electron chi connectivity index (χ3n) is 3.78. The first-order valence-electron chi connectivity index (χ1n) is 7.24. The lowest BCUT2D eigenvalue weighted by Gasteiger charge is -2.24. The number of hydrogen-bond acceptors (Lipinski definition) is 5. The molecule has 2 saturated heterocycles. The van der Waals surface area contributed by atoms with Gasteiger partial charge in [0.15, 0.2) is 17.9 Å². The normalized spacial score (nSPS) is 32.9. The number of benzene rings is 1. The van der Waals surface area contributed by atoms with Crippen LogP contribution >= 0.6 is 0 Å². The van der Waals surface area contributed by atoms with Crippen LogP contribution < -0.4 is 0 Å². The van der Waals surface area contributed by atoms with Crippen molar-refractivity contribution in [2.75, 3.05) is 0 Å². The van der Waals surface area contributed by atoms with Gasteiger partial charge in [-0.3, -0.25) is 4.79 Å². The Bertz CT molecular complexity index is 573. The number of Topliss-reactive ketones (excluding diaryl/α,β-unsaturated/α-hetero) is 1. The number of hydrogen-bond donors (Lipinski definition) is 0. The van der Waals surface area contributed by atoms with E-state index in [-0.39, 0.29) is 18.2 Å². The summed E-state index contributed by atoms with van der Waals surface area (Å²) < 4.78 is 36.4. The molecule has 3 rings (SSSR count). The van der Waals surface area contributed by atoms with Crippen LogP contribution in [0.1, 0.15) is 26.3 Å². The molecule has 4 atom stereocenters. The first-order valence-corrected chi connectivity index (χ1v) is 7.24. The molecule has 6 heteroatoms. The Labute approximate surface area is 128 Å². The van der Waals surface area contributed by atoms with Gasteiger partial charge < -0.3 is 18.9 Å². The summed E-state index contributed by atoms with van der Waals surface area (Å²) in [4.78, 5) is 11.7. The second-order valence-corrected chi connectivity index (χ2v) is 6.00. The predicted molar refractivity (Wildman–Crippen MR) is 74.4 cm³/mol. The van der Waals surface area contributed by atoms with Crippen LogP contribution in [0.3, 0.4) is 0 Å². The van der Waals surface area contributed by atoms with Crippen molar-refractivity contribution in [3.63, 3.8) is 0 Å². The van der Waals surface area contributed by atoms with Crippen molar-refractivity contribution in [1.82, 2.24) is 0 Å². The van der Waals surface area contributed by atoms with Crippen LogP contribution in [0.25, 0.3) is 0 Å². The maximum atomic E-state index is 13.7. The summed E-state index contributed by atoms with van der Waals surface area (Å²) in [6.07, 6.45) is -2.54. The Morgan fingerprint density at radius 2 is 2.05 bits per heavy atom. The van der Waals surface area contributed by atoms with E-state index < -0.39 is 30.4 Å². The van der Waals surface area contributed by atoms with E-state index in [4.69, 9.17) is 18.9 Å². The van der Waals surface area contributed by atoms with Crippen LogP contribution in [-0.4, -0.2) is 36.2 Å². The summed E-state index contributed by atoms with van der Waals surface area (Å²) in [6.45, 7) is 5.00. The van der Waals surface area contributed by atoms with Gasteiger partial charge in [0.2, 0.25) is 0 Å². The Hall–Kier alpha value is -1.34. The van der Waals surface area contributed by atoms with E-state index in [0.29, 0.717) is 5.56 Å². The molecule has 0 unspecified atom stereocenters. The highest BCUT2D eigenvalue weighted by Crippen LogP contribution is 2.39. The fourth-order valence-electron chi connectivity index (χ4n) is 2.79. The zero-order chi connectivity index (χ0) is 15.9. The summed E-state index contributed by atoms with van der Waals surface area (Å²) in [5.41, 5.74) is 0.423.